The molecular weight excluding hydrogens is 516 g/mol. The molecule has 3 aromatic carbocycles. The number of nitrogens with zero attached hydrogens (tertiary/aromatic N) is 2. The number of ether oxygens (including phenoxy) is 1. The number of piperidine rings is 1. The molecule has 3 aromatic rings. The first kappa shape index (κ1) is 28.4. The van der Waals surface area contributed by atoms with Crippen molar-refractivity contribution in [2.75, 3.05) is 25.0 Å². The summed E-state index contributed by atoms with van der Waals surface area (Å²) in [6.07, 6.45) is 1.67. The molecule has 0 bridgehead atoms. The molecule has 41 heavy (non-hydrogen) atoms. The summed E-state index contributed by atoms with van der Waals surface area (Å²) >= 11 is 0. The Morgan fingerprint density at radius 1 is 0.976 bits per heavy atom. The maximum atomic E-state index is 13.9. The molecule has 1 saturated heterocycles. The van der Waals surface area contributed by atoms with Crippen LogP contribution in [-0.2, 0) is 16.1 Å². The standard InChI is InChI=1S/C33H38N4O4/c1-22(2)31(32(39)34-25-15-17-36(18-16-25)20-24-7-5-4-6-8-24)37-21-30(38)35-29-14-13-27(19-28(29)33(37)40)41-26-11-9-23(3)10-12-26/h4-14,19,22,25,31H,15-18,20-21H2,1-3H3,(H,34,39)(H,35,38)/t31-/m1/s1. The van der Waals surface area contributed by atoms with Gasteiger partial charge in [-0.3, -0.25) is 19.3 Å². The molecule has 0 saturated carbocycles. The van der Waals surface area contributed by atoms with Crippen molar-refractivity contribution in [3.05, 3.63) is 89.5 Å². The Morgan fingerprint density at radius 3 is 2.34 bits per heavy atom. The predicted octanol–water partition coefficient (Wildman–Crippen LogP) is 4.99. The lowest BCUT2D eigenvalue weighted by molar-refractivity contribution is -0.129. The third-order valence-electron chi connectivity index (χ3n) is 7.75. The van der Waals surface area contributed by atoms with Crippen LogP contribution in [0.4, 0.5) is 5.69 Å². The number of nitrogens with one attached hydrogen (secondary N) is 2. The molecule has 8 heteroatoms. The molecule has 2 aliphatic rings. The Morgan fingerprint density at radius 2 is 1.66 bits per heavy atom. The fourth-order valence-corrected chi connectivity index (χ4v) is 5.58. The molecule has 2 aliphatic heterocycles. The Labute approximate surface area is 241 Å². The van der Waals surface area contributed by atoms with Crippen LogP contribution in [0.15, 0.2) is 72.8 Å². The van der Waals surface area contributed by atoms with E-state index in [9.17, 15) is 14.4 Å². The Bertz CT molecular complexity index is 1380. The van der Waals surface area contributed by atoms with Crippen molar-refractivity contribution in [2.45, 2.75) is 52.2 Å². The van der Waals surface area contributed by atoms with Gasteiger partial charge in [-0.2, -0.15) is 0 Å². The van der Waals surface area contributed by atoms with Crippen LogP contribution >= 0.6 is 0 Å². The number of rotatable bonds is 8. The highest BCUT2D eigenvalue weighted by atomic mass is 16.5. The first-order chi connectivity index (χ1) is 19.8. The van der Waals surface area contributed by atoms with Gasteiger partial charge < -0.3 is 20.3 Å². The molecule has 3 amide bonds. The lowest BCUT2D eigenvalue weighted by atomic mass is 9.98. The van der Waals surface area contributed by atoms with E-state index in [-0.39, 0.29) is 36.2 Å². The molecule has 2 N–H and O–H groups in total. The number of likely N-dealkylation sites (tertiary alicyclic amines) is 1. The van der Waals surface area contributed by atoms with Crippen LogP contribution < -0.4 is 15.4 Å². The largest absolute Gasteiger partial charge is 0.457 e. The molecule has 0 aliphatic carbocycles. The van der Waals surface area contributed by atoms with Gasteiger partial charge in [0, 0.05) is 25.7 Å². The summed E-state index contributed by atoms with van der Waals surface area (Å²) in [7, 11) is 0. The van der Waals surface area contributed by atoms with E-state index in [4.69, 9.17) is 4.74 Å². The third kappa shape index (κ3) is 6.95. The molecule has 0 spiro atoms. The first-order valence-electron chi connectivity index (χ1n) is 14.3. The maximum absolute atomic E-state index is 13.9. The zero-order valence-electron chi connectivity index (χ0n) is 23.9. The summed E-state index contributed by atoms with van der Waals surface area (Å²) in [6, 6.07) is 22.3. The number of benzene rings is 3. The van der Waals surface area contributed by atoms with E-state index < -0.39 is 6.04 Å². The molecule has 0 aromatic heterocycles. The minimum atomic E-state index is -0.789. The predicted molar refractivity (Wildman–Crippen MR) is 159 cm³/mol. The van der Waals surface area contributed by atoms with Crippen molar-refractivity contribution in [3.63, 3.8) is 0 Å². The topological polar surface area (TPSA) is 91.0 Å². The average Bonchev–Trinajstić information content (AvgIpc) is 3.07. The molecule has 214 valence electrons. The Hall–Kier alpha value is -4.17. The third-order valence-corrected chi connectivity index (χ3v) is 7.75. The number of carbonyl (C=O) groups is 3. The van der Waals surface area contributed by atoms with Gasteiger partial charge in [0.05, 0.1) is 11.3 Å². The molecule has 0 radical (unpaired) electrons. The molecule has 8 nitrogen and oxygen atoms in total. The zero-order valence-corrected chi connectivity index (χ0v) is 23.9. The number of anilines is 1. The number of aryl methyl sites for hydroxylation is 1. The second-order valence-electron chi connectivity index (χ2n) is 11.3. The minimum Gasteiger partial charge on any atom is -0.457 e. The van der Waals surface area contributed by atoms with Gasteiger partial charge in [-0.1, -0.05) is 61.9 Å². The van der Waals surface area contributed by atoms with E-state index in [1.807, 2.05) is 51.1 Å². The maximum Gasteiger partial charge on any atom is 0.257 e. The van der Waals surface area contributed by atoms with Crippen LogP contribution in [0.1, 0.15) is 48.2 Å². The summed E-state index contributed by atoms with van der Waals surface area (Å²) in [4.78, 5) is 44.2. The van der Waals surface area contributed by atoms with Gasteiger partial charge in [0.1, 0.15) is 24.1 Å². The zero-order chi connectivity index (χ0) is 28.9. The van der Waals surface area contributed by atoms with Crippen LogP contribution in [0, 0.1) is 12.8 Å². The monoisotopic (exact) mass is 554 g/mol. The van der Waals surface area contributed by atoms with Gasteiger partial charge in [-0.05, 0) is 61.6 Å². The minimum absolute atomic E-state index is 0.0217. The van der Waals surface area contributed by atoms with Crippen LogP contribution in [-0.4, -0.2) is 59.2 Å². The second kappa shape index (κ2) is 12.6. The lowest BCUT2D eigenvalue weighted by Crippen LogP contribution is -2.56. The summed E-state index contributed by atoms with van der Waals surface area (Å²) < 4.78 is 5.99. The summed E-state index contributed by atoms with van der Waals surface area (Å²) in [5.41, 5.74) is 3.10. The van der Waals surface area contributed by atoms with Gasteiger partial charge in [-0.25, -0.2) is 0 Å². The first-order valence-corrected chi connectivity index (χ1v) is 14.3. The van der Waals surface area contributed by atoms with E-state index in [1.165, 1.54) is 10.5 Å². The number of fused-ring (bicyclic) bond motifs is 1. The fraction of sp³-hybridized carbons (Fsp3) is 0.364. The molecular formula is C33H38N4O4. The highest BCUT2D eigenvalue weighted by Gasteiger charge is 2.38. The highest BCUT2D eigenvalue weighted by Crippen LogP contribution is 2.30. The van der Waals surface area contributed by atoms with Crippen molar-refractivity contribution >= 4 is 23.4 Å². The SMILES string of the molecule is Cc1ccc(Oc2ccc3c(c2)C(=O)N([C@@H](C(=O)NC2CCN(Cc4ccccc4)CC2)C(C)C)CC(=O)N3)cc1. The number of hydrogen-bond acceptors (Lipinski definition) is 5. The van der Waals surface area contributed by atoms with Crippen molar-refractivity contribution in [1.29, 1.82) is 0 Å². The molecule has 2 heterocycles. The van der Waals surface area contributed by atoms with Gasteiger partial charge in [0.2, 0.25) is 11.8 Å². The highest BCUT2D eigenvalue weighted by molar-refractivity contribution is 6.10. The van der Waals surface area contributed by atoms with Gasteiger partial charge in [0.15, 0.2) is 0 Å². The number of hydrogen-bond donors (Lipinski definition) is 2. The fourth-order valence-electron chi connectivity index (χ4n) is 5.58. The summed E-state index contributed by atoms with van der Waals surface area (Å²) in [5.74, 6) is -0.00975. The smallest absolute Gasteiger partial charge is 0.257 e. The Balaban J connectivity index is 1.28. The van der Waals surface area contributed by atoms with E-state index in [2.05, 4.69) is 39.8 Å². The van der Waals surface area contributed by atoms with E-state index in [1.54, 1.807) is 18.2 Å². The molecule has 1 fully saturated rings. The Kier molecular flexibility index (Phi) is 8.69. The van der Waals surface area contributed by atoms with E-state index >= 15 is 0 Å². The van der Waals surface area contributed by atoms with Gasteiger partial charge in [0.25, 0.3) is 5.91 Å². The molecule has 0 unspecified atom stereocenters. The van der Waals surface area contributed by atoms with Crippen molar-refractivity contribution in [2.24, 2.45) is 5.92 Å². The van der Waals surface area contributed by atoms with Gasteiger partial charge >= 0.3 is 0 Å². The second-order valence-corrected chi connectivity index (χ2v) is 11.3. The van der Waals surface area contributed by atoms with Crippen LogP contribution in [0.3, 0.4) is 0 Å². The summed E-state index contributed by atoms with van der Waals surface area (Å²) in [6.45, 7) is 8.26. The lowest BCUT2D eigenvalue weighted by Gasteiger charge is -2.36. The van der Waals surface area contributed by atoms with Gasteiger partial charge in [-0.15, -0.1) is 0 Å². The molecule has 5 rings (SSSR count). The van der Waals surface area contributed by atoms with Crippen molar-refractivity contribution < 1.29 is 19.1 Å². The van der Waals surface area contributed by atoms with Crippen LogP contribution in [0.2, 0.25) is 0 Å². The van der Waals surface area contributed by atoms with Crippen LogP contribution in [0.5, 0.6) is 11.5 Å². The van der Waals surface area contributed by atoms with E-state index in [0.717, 1.165) is 38.0 Å². The number of amides is 3. The van der Waals surface area contributed by atoms with Crippen LogP contribution in [0.25, 0.3) is 0 Å². The van der Waals surface area contributed by atoms with E-state index in [0.29, 0.717) is 22.7 Å². The molecule has 1 atom stereocenters. The average molecular weight is 555 g/mol. The van der Waals surface area contributed by atoms with Crippen molar-refractivity contribution in [3.8, 4) is 11.5 Å². The quantitative estimate of drug-likeness (QED) is 0.410. The normalized spacial score (nSPS) is 17.0. The summed E-state index contributed by atoms with van der Waals surface area (Å²) in [5, 5.41) is 6.02. The van der Waals surface area contributed by atoms with Crippen molar-refractivity contribution in [1.82, 2.24) is 15.1 Å². The number of carbonyl (C=O) groups excluding carboxylic acids is 3.